The smallest absolute Gasteiger partial charge is 0.321 e. The Hall–Kier alpha value is -2.05. The first-order chi connectivity index (χ1) is 12.1. The highest BCUT2D eigenvalue weighted by atomic mass is 16.3. The number of hydrogen-bond acceptors (Lipinski definition) is 3. The van der Waals surface area contributed by atoms with Gasteiger partial charge in [0, 0.05) is 62.1 Å². The molecule has 0 spiro atoms. The van der Waals surface area contributed by atoms with Crippen molar-refractivity contribution in [2.75, 3.05) is 44.6 Å². The Balaban J connectivity index is 1.62. The first-order valence-corrected chi connectivity index (χ1v) is 9.05. The lowest BCUT2D eigenvalue weighted by Crippen LogP contribution is -2.50. The molecule has 1 aliphatic heterocycles. The molecule has 1 aliphatic rings. The number of rotatable bonds is 5. The molecule has 136 valence electrons. The molecular weight excluding hydrogens is 316 g/mol. The molecule has 1 saturated heterocycles. The molecule has 25 heavy (non-hydrogen) atoms. The molecule has 0 saturated carbocycles. The van der Waals surface area contributed by atoms with Crippen LogP contribution in [0, 0.1) is 5.92 Å². The molecule has 0 aliphatic carbocycles. The molecule has 2 amide bonds. The standard InChI is InChI=1S/C19H28N4O2/c1-15(2)14-23-6-5-16-13-17(3-4-18(16)23)20-19(25)22-9-7-21(8-10-22)11-12-24/h3-6,13,15,24H,7-12,14H2,1-2H3,(H,20,25). The summed E-state index contributed by atoms with van der Waals surface area (Å²) in [5.74, 6) is 0.597. The van der Waals surface area contributed by atoms with Gasteiger partial charge in [0.1, 0.15) is 0 Å². The summed E-state index contributed by atoms with van der Waals surface area (Å²) in [6, 6.07) is 8.13. The van der Waals surface area contributed by atoms with Gasteiger partial charge in [0.15, 0.2) is 0 Å². The second-order valence-electron chi connectivity index (χ2n) is 7.12. The van der Waals surface area contributed by atoms with Gasteiger partial charge >= 0.3 is 6.03 Å². The molecule has 1 aromatic carbocycles. The SMILES string of the molecule is CC(C)Cn1ccc2cc(NC(=O)N3CCN(CCO)CC3)ccc21. The molecular formula is C19H28N4O2. The number of aliphatic hydroxyl groups is 1. The van der Waals surface area contributed by atoms with Crippen molar-refractivity contribution >= 4 is 22.6 Å². The Morgan fingerprint density at radius 1 is 1.20 bits per heavy atom. The van der Waals surface area contributed by atoms with Gasteiger partial charge in [-0.05, 0) is 30.2 Å². The van der Waals surface area contributed by atoms with Gasteiger partial charge in [0.25, 0.3) is 0 Å². The molecule has 3 rings (SSSR count). The Labute approximate surface area is 149 Å². The summed E-state index contributed by atoms with van der Waals surface area (Å²) in [4.78, 5) is 16.5. The van der Waals surface area contributed by atoms with E-state index in [1.807, 2.05) is 17.0 Å². The summed E-state index contributed by atoms with van der Waals surface area (Å²) in [7, 11) is 0. The third-order valence-electron chi connectivity index (χ3n) is 4.66. The zero-order chi connectivity index (χ0) is 17.8. The largest absolute Gasteiger partial charge is 0.395 e. The quantitative estimate of drug-likeness (QED) is 0.876. The van der Waals surface area contributed by atoms with Gasteiger partial charge in [0.05, 0.1) is 6.61 Å². The van der Waals surface area contributed by atoms with Crippen molar-refractivity contribution in [3.8, 4) is 0 Å². The molecule has 6 heteroatoms. The fourth-order valence-electron chi connectivity index (χ4n) is 3.35. The van der Waals surface area contributed by atoms with Gasteiger partial charge in [-0.1, -0.05) is 13.8 Å². The van der Waals surface area contributed by atoms with E-state index >= 15 is 0 Å². The molecule has 1 aromatic heterocycles. The van der Waals surface area contributed by atoms with E-state index in [2.05, 4.69) is 47.0 Å². The molecule has 2 aromatic rings. The summed E-state index contributed by atoms with van der Waals surface area (Å²) >= 11 is 0. The van der Waals surface area contributed by atoms with E-state index in [1.54, 1.807) is 0 Å². The Bertz CT molecular complexity index is 717. The van der Waals surface area contributed by atoms with Crippen molar-refractivity contribution < 1.29 is 9.90 Å². The second kappa shape index (κ2) is 7.89. The van der Waals surface area contributed by atoms with Crippen molar-refractivity contribution in [1.82, 2.24) is 14.4 Å². The number of carbonyl (C=O) groups excluding carboxylic acids is 1. The maximum Gasteiger partial charge on any atom is 0.321 e. The number of aliphatic hydroxyl groups excluding tert-OH is 1. The number of benzene rings is 1. The number of nitrogens with one attached hydrogen (secondary N) is 1. The Morgan fingerprint density at radius 2 is 1.96 bits per heavy atom. The number of carbonyl (C=O) groups is 1. The number of hydrogen-bond donors (Lipinski definition) is 2. The van der Waals surface area contributed by atoms with Crippen LogP contribution in [0.4, 0.5) is 10.5 Å². The Morgan fingerprint density at radius 3 is 2.64 bits per heavy atom. The number of urea groups is 1. The molecule has 0 unspecified atom stereocenters. The summed E-state index contributed by atoms with van der Waals surface area (Å²) in [6.45, 7) is 9.27. The lowest BCUT2D eigenvalue weighted by atomic mass is 10.2. The van der Waals surface area contributed by atoms with Gasteiger partial charge in [-0.2, -0.15) is 0 Å². The van der Waals surface area contributed by atoms with Crippen LogP contribution in [0.15, 0.2) is 30.5 Å². The molecule has 6 nitrogen and oxygen atoms in total. The van der Waals surface area contributed by atoms with E-state index in [0.29, 0.717) is 25.6 Å². The minimum absolute atomic E-state index is 0.0513. The minimum atomic E-state index is -0.0513. The number of nitrogens with zero attached hydrogens (tertiary/aromatic N) is 3. The van der Waals surface area contributed by atoms with E-state index in [9.17, 15) is 4.79 Å². The van der Waals surface area contributed by atoms with Crippen LogP contribution in [0.2, 0.25) is 0 Å². The van der Waals surface area contributed by atoms with E-state index < -0.39 is 0 Å². The molecule has 2 heterocycles. The third kappa shape index (κ3) is 4.32. The molecule has 2 N–H and O–H groups in total. The highest BCUT2D eigenvalue weighted by Gasteiger charge is 2.20. The van der Waals surface area contributed by atoms with Gasteiger partial charge in [-0.3, -0.25) is 4.90 Å². The van der Waals surface area contributed by atoms with Crippen molar-refractivity contribution in [3.05, 3.63) is 30.5 Å². The van der Waals surface area contributed by atoms with Crippen LogP contribution in [-0.2, 0) is 6.54 Å². The summed E-state index contributed by atoms with van der Waals surface area (Å²) in [5.41, 5.74) is 2.03. The maximum atomic E-state index is 12.5. The minimum Gasteiger partial charge on any atom is -0.395 e. The number of fused-ring (bicyclic) bond motifs is 1. The van der Waals surface area contributed by atoms with Gasteiger partial charge < -0.3 is 19.9 Å². The average Bonchev–Trinajstić information content (AvgIpc) is 2.97. The maximum absolute atomic E-state index is 12.5. The first kappa shape index (κ1) is 17.8. The second-order valence-corrected chi connectivity index (χ2v) is 7.12. The van der Waals surface area contributed by atoms with Crippen LogP contribution in [-0.4, -0.2) is 64.8 Å². The monoisotopic (exact) mass is 344 g/mol. The van der Waals surface area contributed by atoms with Crippen molar-refractivity contribution in [2.45, 2.75) is 20.4 Å². The number of anilines is 1. The number of aromatic nitrogens is 1. The zero-order valence-electron chi connectivity index (χ0n) is 15.1. The van der Waals surface area contributed by atoms with Crippen LogP contribution < -0.4 is 5.32 Å². The molecule has 1 fully saturated rings. The van der Waals surface area contributed by atoms with Crippen LogP contribution in [0.5, 0.6) is 0 Å². The van der Waals surface area contributed by atoms with Gasteiger partial charge in [0.2, 0.25) is 0 Å². The third-order valence-corrected chi connectivity index (χ3v) is 4.66. The lowest BCUT2D eigenvalue weighted by Gasteiger charge is -2.34. The number of amides is 2. The highest BCUT2D eigenvalue weighted by Crippen LogP contribution is 2.22. The topological polar surface area (TPSA) is 60.7 Å². The highest BCUT2D eigenvalue weighted by molar-refractivity contribution is 5.93. The average molecular weight is 344 g/mol. The predicted octanol–water partition coefficient (Wildman–Crippen LogP) is 2.44. The van der Waals surface area contributed by atoms with Crippen LogP contribution >= 0.6 is 0 Å². The predicted molar refractivity (Wildman–Crippen MR) is 101 cm³/mol. The lowest BCUT2D eigenvalue weighted by molar-refractivity contribution is 0.127. The van der Waals surface area contributed by atoms with Gasteiger partial charge in [-0.25, -0.2) is 4.79 Å². The zero-order valence-corrected chi connectivity index (χ0v) is 15.1. The number of piperazine rings is 1. The number of β-amino-alcohol motifs (C(OH)–C–C–N with tert-alkyl or cyclic N) is 1. The molecule has 0 bridgehead atoms. The fourth-order valence-corrected chi connectivity index (χ4v) is 3.35. The van der Waals surface area contributed by atoms with Crippen molar-refractivity contribution in [2.24, 2.45) is 5.92 Å². The van der Waals surface area contributed by atoms with Crippen molar-refractivity contribution in [1.29, 1.82) is 0 Å². The van der Waals surface area contributed by atoms with E-state index in [4.69, 9.17) is 5.11 Å². The van der Waals surface area contributed by atoms with E-state index in [-0.39, 0.29) is 12.6 Å². The van der Waals surface area contributed by atoms with Gasteiger partial charge in [-0.15, -0.1) is 0 Å². The fraction of sp³-hybridized carbons (Fsp3) is 0.526. The van der Waals surface area contributed by atoms with E-state index in [0.717, 1.165) is 30.7 Å². The summed E-state index contributed by atoms with van der Waals surface area (Å²) in [6.07, 6.45) is 2.11. The van der Waals surface area contributed by atoms with Crippen LogP contribution in [0.1, 0.15) is 13.8 Å². The normalized spacial score (nSPS) is 15.9. The van der Waals surface area contributed by atoms with Crippen LogP contribution in [0.3, 0.4) is 0 Å². The summed E-state index contributed by atoms with van der Waals surface area (Å²) < 4.78 is 2.26. The summed E-state index contributed by atoms with van der Waals surface area (Å²) in [5, 5.41) is 13.1. The molecule has 0 atom stereocenters. The first-order valence-electron chi connectivity index (χ1n) is 9.05. The van der Waals surface area contributed by atoms with E-state index in [1.165, 1.54) is 5.52 Å². The van der Waals surface area contributed by atoms with Crippen molar-refractivity contribution in [3.63, 3.8) is 0 Å². The van der Waals surface area contributed by atoms with Crippen LogP contribution in [0.25, 0.3) is 10.9 Å². The molecule has 0 radical (unpaired) electrons. The Kier molecular flexibility index (Phi) is 5.60.